The highest BCUT2D eigenvalue weighted by molar-refractivity contribution is 5.21. The van der Waals surface area contributed by atoms with E-state index in [1.54, 1.807) is 0 Å². The zero-order valence-electron chi connectivity index (χ0n) is 12.0. The van der Waals surface area contributed by atoms with Crippen LogP contribution in [-0.2, 0) is 4.74 Å². The van der Waals surface area contributed by atoms with Gasteiger partial charge in [-0.05, 0) is 19.9 Å². The van der Waals surface area contributed by atoms with Crippen LogP contribution in [0.25, 0.3) is 0 Å². The van der Waals surface area contributed by atoms with Crippen molar-refractivity contribution in [1.82, 2.24) is 10.2 Å². The third-order valence-corrected chi connectivity index (χ3v) is 3.60. The van der Waals surface area contributed by atoms with Crippen molar-refractivity contribution in [3.63, 3.8) is 0 Å². The molecule has 2 unspecified atom stereocenters. The van der Waals surface area contributed by atoms with Gasteiger partial charge >= 0.3 is 0 Å². The summed E-state index contributed by atoms with van der Waals surface area (Å²) in [6.07, 6.45) is 0. The summed E-state index contributed by atoms with van der Waals surface area (Å²) in [5.41, 5.74) is 0.500. The number of nitrogens with zero attached hydrogens (tertiary/aromatic N) is 1. The fourth-order valence-corrected chi connectivity index (χ4v) is 2.59. The summed E-state index contributed by atoms with van der Waals surface area (Å²) in [6.45, 7) is 8.29. The fraction of sp³-hybridized carbons (Fsp3) is 0.600. The molecule has 2 atom stereocenters. The second kappa shape index (κ2) is 7.11. The van der Waals surface area contributed by atoms with Crippen LogP contribution in [0.5, 0.6) is 0 Å². The topological polar surface area (TPSA) is 24.5 Å². The van der Waals surface area contributed by atoms with E-state index >= 15 is 0 Å². The molecule has 112 valence electrons. The highest BCUT2D eigenvalue weighted by Crippen LogP contribution is 2.18. The summed E-state index contributed by atoms with van der Waals surface area (Å²) in [7, 11) is 0. The van der Waals surface area contributed by atoms with Gasteiger partial charge < -0.3 is 10.1 Å². The van der Waals surface area contributed by atoms with Gasteiger partial charge in [0.15, 0.2) is 0 Å². The zero-order chi connectivity index (χ0) is 14.5. The minimum atomic E-state index is -0.542. The van der Waals surface area contributed by atoms with Crippen LogP contribution in [-0.4, -0.2) is 43.8 Å². The molecule has 1 N–H and O–H groups in total. The maximum atomic E-state index is 13.7. The Balaban J connectivity index is 1.87. The first-order chi connectivity index (χ1) is 9.56. The normalized spacial score (nSPS) is 19.8. The molecule has 1 aliphatic rings. The molecule has 20 heavy (non-hydrogen) atoms. The van der Waals surface area contributed by atoms with E-state index in [9.17, 15) is 8.78 Å². The number of ether oxygens (including phenoxy) is 1. The quantitative estimate of drug-likeness (QED) is 0.898. The molecule has 1 saturated heterocycles. The molecule has 1 heterocycles. The number of halogens is 2. The molecule has 0 aliphatic carbocycles. The van der Waals surface area contributed by atoms with Gasteiger partial charge in [-0.15, -0.1) is 0 Å². The number of benzene rings is 1. The van der Waals surface area contributed by atoms with E-state index in [-0.39, 0.29) is 12.1 Å². The molecule has 3 nitrogen and oxygen atoms in total. The van der Waals surface area contributed by atoms with Crippen molar-refractivity contribution in [3.05, 3.63) is 35.4 Å². The van der Waals surface area contributed by atoms with Crippen LogP contribution in [0.4, 0.5) is 8.78 Å². The highest BCUT2D eigenvalue weighted by Gasteiger charge is 2.17. The van der Waals surface area contributed by atoms with Crippen LogP contribution in [0.2, 0.25) is 0 Å². The summed E-state index contributed by atoms with van der Waals surface area (Å²) in [6, 6.07) is 3.81. The van der Waals surface area contributed by atoms with Crippen molar-refractivity contribution < 1.29 is 13.5 Å². The first-order valence-corrected chi connectivity index (χ1v) is 7.07. The van der Waals surface area contributed by atoms with Crippen LogP contribution in [0.15, 0.2) is 18.2 Å². The highest BCUT2D eigenvalue weighted by atomic mass is 19.1. The standard InChI is InChI=1S/C15H22F2N2O/c1-11(10-19-5-7-20-8-6-19)18-12(2)14-4-3-13(16)9-15(14)17/h3-4,9,11-12,18H,5-8,10H2,1-2H3. The van der Waals surface area contributed by atoms with Crippen LogP contribution in [0.1, 0.15) is 25.5 Å². The molecule has 2 rings (SSSR count). The van der Waals surface area contributed by atoms with Gasteiger partial charge in [-0.2, -0.15) is 0 Å². The Kier molecular flexibility index (Phi) is 5.46. The van der Waals surface area contributed by atoms with Crippen molar-refractivity contribution in [1.29, 1.82) is 0 Å². The Labute approximate surface area is 118 Å². The van der Waals surface area contributed by atoms with E-state index in [0.29, 0.717) is 5.56 Å². The minimum Gasteiger partial charge on any atom is -0.379 e. The molecule has 1 aromatic carbocycles. The van der Waals surface area contributed by atoms with Gasteiger partial charge in [-0.3, -0.25) is 4.90 Å². The van der Waals surface area contributed by atoms with Gasteiger partial charge in [0.2, 0.25) is 0 Å². The molecule has 0 radical (unpaired) electrons. The molecule has 0 aromatic heterocycles. The van der Waals surface area contributed by atoms with E-state index in [2.05, 4.69) is 17.1 Å². The van der Waals surface area contributed by atoms with Crippen molar-refractivity contribution in [2.24, 2.45) is 0 Å². The van der Waals surface area contributed by atoms with E-state index in [1.165, 1.54) is 12.1 Å². The lowest BCUT2D eigenvalue weighted by molar-refractivity contribution is 0.0339. The Bertz CT molecular complexity index is 436. The maximum Gasteiger partial charge on any atom is 0.130 e. The summed E-state index contributed by atoms with van der Waals surface area (Å²) >= 11 is 0. The number of hydrogen-bond donors (Lipinski definition) is 1. The molecule has 1 aromatic rings. The van der Waals surface area contributed by atoms with Crippen LogP contribution >= 0.6 is 0 Å². The molecule has 0 bridgehead atoms. The average Bonchev–Trinajstić information content (AvgIpc) is 2.39. The fourth-order valence-electron chi connectivity index (χ4n) is 2.59. The van der Waals surface area contributed by atoms with E-state index < -0.39 is 11.6 Å². The molecule has 0 amide bonds. The second-order valence-electron chi connectivity index (χ2n) is 5.37. The predicted octanol–water partition coefficient (Wildman–Crippen LogP) is 2.34. The van der Waals surface area contributed by atoms with E-state index in [4.69, 9.17) is 4.74 Å². The van der Waals surface area contributed by atoms with Gasteiger partial charge in [0.1, 0.15) is 11.6 Å². The van der Waals surface area contributed by atoms with Gasteiger partial charge in [-0.25, -0.2) is 8.78 Å². The van der Waals surface area contributed by atoms with Gasteiger partial charge in [0.25, 0.3) is 0 Å². The Morgan fingerprint density at radius 2 is 1.95 bits per heavy atom. The first-order valence-electron chi connectivity index (χ1n) is 7.07. The Morgan fingerprint density at radius 3 is 2.60 bits per heavy atom. The molecule has 1 fully saturated rings. The lowest BCUT2D eigenvalue weighted by Crippen LogP contribution is -2.45. The number of nitrogens with one attached hydrogen (secondary N) is 1. The third kappa shape index (κ3) is 4.23. The number of morpholine rings is 1. The molecule has 0 saturated carbocycles. The number of hydrogen-bond acceptors (Lipinski definition) is 3. The van der Waals surface area contributed by atoms with Crippen LogP contribution < -0.4 is 5.32 Å². The second-order valence-corrected chi connectivity index (χ2v) is 5.37. The van der Waals surface area contributed by atoms with Crippen molar-refractivity contribution >= 4 is 0 Å². The Hall–Kier alpha value is -1.04. The smallest absolute Gasteiger partial charge is 0.130 e. The molecule has 5 heteroatoms. The largest absolute Gasteiger partial charge is 0.379 e. The van der Waals surface area contributed by atoms with Crippen molar-refractivity contribution in [2.75, 3.05) is 32.8 Å². The average molecular weight is 284 g/mol. The van der Waals surface area contributed by atoms with Crippen LogP contribution in [0, 0.1) is 11.6 Å². The maximum absolute atomic E-state index is 13.7. The molecular formula is C15H22F2N2O. The lowest BCUT2D eigenvalue weighted by Gasteiger charge is -2.30. The van der Waals surface area contributed by atoms with Crippen molar-refractivity contribution in [2.45, 2.75) is 25.9 Å². The number of rotatable bonds is 5. The van der Waals surface area contributed by atoms with E-state index in [0.717, 1.165) is 38.9 Å². The van der Waals surface area contributed by atoms with Gasteiger partial charge in [-0.1, -0.05) is 6.07 Å². The predicted molar refractivity (Wildman–Crippen MR) is 74.6 cm³/mol. The SMILES string of the molecule is CC(CN1CCOCC1)NC(C)c1ccc(F)cc1F. The third-order valence-electron chi connectivity index (χ3n) is 3.60. The summed E-state index contributed by atoms with van der Waals surface area (Å²) in [5, 5.41) is 3.36. The Morgan fingerprint density at radius 1 is 1.25 bits per heavy atom. The lowest BCUT2D eigenvalue weighted by atomic mass is 10.1. The first kappa shape index (κ1) is 15.4. The van der Waals surface area contributed by atoms with E-state index in [1.807, 2.05) is 6.92 Å². The molecule has 1 aliphatic heterocycles. The molecular weight excluding hydrogens is 262 g/mol. The van der Waals surface area contributed by atoms with Crippen molar-refractivity contribution in [3.8, 4) is 0 Å². The van der Waals surface area contributed by atoms with Crippen LogP contribution in [0.3, 0.4) is 0 Å². The van der Waals surface area contributed by atoms with Gasteiger partial charge in [0, 0.05) is 43.3 Å². The molecule has 0 spiro atoms. The zero-order valence-corrected chi connectivity index (χ0v) is 12.0. The summed E-state index contributed by atoms with van der Waals surface area (Å²) < 4.78 is 31.9. The monoisotopic (exact) mass is 284 g/mol. The minimum absolute atomic E-state index is 0.147. The van der Waals surface area contributed by atoms with Gasteiger partial charge in [0.05, 0.1) is 13.2 Å². The summed E-state index contributed by atoms with van der Waals surface area (Å²) in [5.74, 6) is -1.04. The summed E-state index contributed by atoms with van der Waals surface area (Å²) in [4.78, 5) is 2.33.